The van der Waals surface area contributed by atoms with Crippen LogP contribution in [0.15, 0.2) is 47.4 Å². The Kier molecular flexibility index (Phi) is 6.52. The van der Waals surface area contributed by atoms with Crippen LogP contribution in [0.25, 0.3) is 0 Å². The predicted octanol–water partition coefficient (Wildman–Crippen LogP) is 4.04. The SMILES string of the molecule is COc1ccc(NC(=O)CSc2ccc(NC(C)=O)cc2)cc1Cl. The molecule has 2 aromatic carbocycles. The van der Waals surface area contributed by atoms with Crippen molar-refractivity contribution in [2.24, 2.45) is 0 Å². The van der Waals surface area contributed by atoms with Crippen LogP contribution in [-0.2, 0) is 9.59 Å². The van der Waals surface area contributed by atoms with E-state index >= 15 is 0 Å². The van der Waals surface area contributed by atoms with Crippen molar-refractivity contribution in [2.45, 2.75) is 11.8 Å². The second-order valence-corrected chi connectivity index (χ2v) is 6.35. The zero-order valence-electron chi connectivity index (χ0n) is 13.3. The summed E-state index contributed by atoms with van der Waals surface area (Å²) in [6.45, 7) is 1.46. The molecular formula is C17H17ClN2O3S. The van der Waals surface area contributed by atoms with Gasteiger partial charge in [-0.3, -0.25) is 9.59 Å². The number of amides is 2. The van der Waals surface area contributed by atoms with E-state index in [1.165, 1.54) is 25.8 Å². The topological polar surface area (TPSA) is 67.4 Å². The van der Waals surface area contributed by atoms with Gasteiger partial charge in [0.1, 0.15) is 5.75 Å². The van der Waals surface area contributed by atoms with Gasteiger partial charge in [-0.15, -0.1) is 11.8 Å². The Morgan fingerprint density at radius 2 is 1.75 bits per heavy atom. The molecule has 0 unspecified atom stereocenters. The van der Waals surface area contributed by atoms with Crippen molar-refractivity contribution in [3.63, 3.8) is 0 Å². The van der Waals surface area contributed by atoms with E-state index in [-0.39, 0.29) is 17.6 Å². The number of ether oxygens (including phenoxy) is 1. The van der Waals surface area contributed by atoms with E-state index in [4.69, 9.17) is 16.3 Å². The Labute approximate surface area is 149 Å². The Morgan fingerprint density at radius 3 is 2.33 bits per heavy atom. The Bertz CT molecular complexity index is 735. The van der Waals surface area contributed by atoms with E-state index in [1.807, 2.05) is 12.1 Å². The van der Waals surface area contributed by atoms with Crippen LogP contribution in [-0.4, -0.2) is 24.7 Å². The average Bonchev–Trinajstić information content (AvgIpc) is 2.54. The molecule has 0 atom stereocenters. The van der Waals surface area contributed by atoms with Gasteiger partial charge in [-0.2, -0.15) is 0 Å². The number of nitrogens with one attached hydrogen (secondary N) is 2. The van der Waals surface area contributed by atoms with Gasteiger partial charge in [-0.25, -0.2) is 0 Å². The second-order valence-electron chi connectivity index (χ2n) is 4.89. The molecule has 0 aliphatic heterocycles. The monoisotopic (exact) mass is 364 g/mol. The third-order valence-electron chi connectivity index (χ3n) is 2.98. The molecule has 2 amide bonds. The summed E-state index contributed by atoms with van der Waals surface area (Å²) in [5.74, 6) is 0.576. The minimum Gasteiger partial charge on any atom is -0.495 e. The van der Waals surface area contributed by atoms with Crippen molar-refractivity contribution in [2.75, 3.05) is 23.5 Å². The first-order valence-electron chi connectivity index (χ1n) is 7.12. The Morgan fingerprint density at radius 1 is 1.08 bits per heavy atom. The quantitative estimate of drug-likeness (QED) is 0.759. The van der Waals surface area contributed by atoms with Gasteiger partial charge < -0.3 is 15.4 Å². The fraction of sp³-hybridized carbons (Fsp3) is 0.176. The number of halogens is 1. The summed E-state index contributed by atoms with van der Waals surface area (Å²) in [6, 6.07) is 12.4. The lowest BCUT2D eigenvalue weighted by Gasteiger charge is -2.08. The molecule has 0 aliphatic rings. The molecule has 0 heterocycles. The van der Waals surface area contributed by atoms with Gasteiger partial charge in [0.15, 0.2) is 0 Å². The number of hydrogen-bond acceptors (Lipinski definition) is 4. The highest BCUT2D eigenvalue weighted by atomic mass is 35.5. The number of methoxy groups -OCH3 is 1. The molecule has 2 rings (SSSR count). The largest absolute Gasteiger partial charge is 0.495 e. The molecule has 5 nitrogen and oxygen atoms in total. The molecule has 24 heavy (non-hydrogen) atoms. The molecule has 0 bridgehead atoms. The van der Waals surface area contributed by atoms with Crippen LogP contribution in [0.2, 0.25) is 5.02 Å². The minimum atomic E-state index is -0.132. The highest BCUT2D eigenvalue weighted by Gasteiger charge is 2.07. The van der Waals surface area contributed by atoms with Gasteiger partial charge in [-0.05, 0) is 42.5 Å². The summed E-state index contributed by atoms with van der Waals surface area (Å²) < 4.78 is 5.07. The maximum atomic E-state index is 12.0. The van der Waals surface area contributed by atoms with E-state index in [1.54, 1.807) is 30.3 Å². The lowest BCUT2D eigenvalue weighted by molar-refractivity contribution is -0.114. The molecule has 0 saturated heterocycles. The van der Waals surface area contributed by atoms with Crippen LogP contribution in [0.3, 0.4) is 0 Å². The zero-order valence-corrected chi connectivity index (χ0v) is 14.8. The molecule has 7 heteroatoms. The predicted molar refractivity (Wildman–Crippen MR) is 98.1 cm³/mol. The number of carbonyl (C=O) groups is 2. The van der Waals surface area contributed by atoms with Gasteiger partial charge in [0.25, 0.3) is 0 Å². The first-order chi connectivity index (χ1) is 11.5. The highest BCUT2D eigenvalue weighted by Crippen LogP contribution is 2.27. The number of thioether (sulfide) groups is 1. The standard InChI is InChI=1S/C17H17ClN2O3S/c1-11(21)19-12-3-6-14(7-4-12)24-10-17(22)20-13-5-8-16(23-2)15(18)9-13/h3-9H,10H2,1-2H3,(H,19,21)(H,20,22). The van der Waals surface area contributed by atoms with Crippen LogP contribution >= 0.6 is 23.4 Å². The van der Waals surface area contributed by atoms with Crippen molar-refractivity contribution in [3.8, 4) is 5.75 Å². The summed E-state index contributed by atoms with van der Waals surface area (Å²) in [7, 11) is 1.54. The van der Waals surface area contributed by atoms with E-state index in [9.17, 15) is 9.59 Å². The van der Waals surface area contributed by atoms with Gasteiger partial charge in [0.2, 0.25) is 11.8 Å². The lowest BCUT2D eigenvalue weighted by atomic mass is 10.3. The summed E-state index contributed by atoms with van der Waals surface area (Å²) >= 11 is 7.43. The molecule has 2 aromatic rings. The van der Waals surface area contributed by atoms with Crippen molar-refractivity contribution >= 4 is 46.6 Å². The first-order valence-corrected chi connectivity index (χ1v) is 8.48. The number of benzene rings is 2. The molecule has 0 spiro atoms. The molecule has 0 fully saturated rings. The molecule has 0 aliphatic carbocycles. The number of anilines is 2. The molecule has 0 radical (unpaired) electrons. The summed E-state index contributed by atoms with van der Waals surface area (Å²) in [6.07, 6.45) is 0. The lowest BCUT2D eigenvalue weighted by Crippen LogP contribution is -2.13. The van der Waals surface area contributed by atoms with Crippen LogP contribution < -0.4 is 15.4 Å². The van der Waals surface area contributed by atoms with Crippen molar-refractivity contribution < 1.29 is 14.3 Å². The highest BCUT2D eigenvalue weighted by molar-refractivity contribution is 8.00. The maximum Gasteiger partial charge on any atom is 0.234 e. The third kappa shape index (κ3) is 5.47. The van der Waals surface area contributed by atoms with Crippen LogP contribution in [0.1, 0.15) is 6.92 Å². The Balaban J connectivity index is 1.86. The third-order valence-corrected chi connectivity index (χ3v) is 4.29. The van der Waals surface area contributed by atoms with Gasteiger partial charge >= 0.3 is 0 Å². The second kappa shape index (κ2) is 8.61. The Hall–Kier alpha value is -2.18. The van der Waals surface area contributed by atoms with E-state index < -0.39 is 0 Å². The molecule has 0 aromatic heterocycles. The number of rotatable bonds is 6. The van der Waals surface area contributed by atoms with Crippen molar-refractivity contribution in [3.05, 3.63) is 47.5 Å². The van der Waals surface area contributed by atoms with Crippen LogP contribution in [0, 0.1) is 0 Å². The van der Waals surface area contributed by atoms with Gasteiger partial charge in [0, 0.05) is 23.2 Å². The summed E-state index contributed by atoms with van der Waals surface area (Å²) in [5, 5.41) is 5.92. The van der Waals surface area contributed by atoms with E-state index in [0.29, 0.717) is 16.5 Å². The van der Waals surface area contributed by atoms with Crippen LogP contribution in [0.5, 0.6) is 5.75 Å². The first kappa shape index (κ1) is 18.2. The normalized spacial score (nSPS) is 10.1. The summed E-state index contributed by atoms with van der Waals surface area (Å²) in [5.41, 5.74) is 1.34. The number of carbonyl (C=O) groups excluding carboxylic acids is 2. The zero-order chi connectivity index (χ0) is 17.5. The summed E-state index contributed by atoms with van der Waals surface area (Å²) in [4.78, 5) is 23.9. The molecule has 126 valence electrons. The maximum absolute atomic E-state index is 12.0. The molecular weight excluding hydrogens is 348 g/mol. The average molecular weight is 365 g/mol. The minimum absolute atomic E-state index is 0.118. The fourth-order valence-corrected chi connectivity index (χ4v) is 2.88. The van der Waals surface area contributed by atoms with Gasteiger partial charge in [0.05, 0.1) is 17.9 Å². The number of hydrogen-bond donors (Lipinski definition) is 2. The fourth-order valence-electron chi connectivity index (χ4n) is 1.93. The van der Waals surface area contributed by atoms with Crippen LogP contribution in [0.4, 0.5) is 11.4 Å². The van der Waals surface area contributed by atoms with E-state index in [2.05, 4.69) is 10.6 Å². The molecule has 0 saturated carbocycles. The van der Waals surface area contributed by atoms with Crippen molar-refractivity contribution in [1.29, 1.82) is 0 Å². The van der Waals surface area contributed by atoms with Gasteiger partial charge in [-0.1, -0.05) is 11.6 Å². The van der Waals surface area contributed by atoms with Crippen molar-refractivity contribution in [1.82, 2.24) is 0 Å². The van der Waals surface area contributed by atoms with E-state index in [0.717, 1.165) is 10.6 Å². The molecule has 2 N–H and O–H groups in total. The smallest absolute Gasteiger partial charge is 0.234 e.